The molecule has 6 nitrogen and oxygen atoms in total. The number of benzene rings is 1. The monoisotopic (exact) mass is 282 g/mol. The predicted molar refractivity (Wildman–Crippen MR) is 83.6 cm³/mol. The van der Waals surface area contributed by atoms with Gasteiger partial charge in [0.05, 0.1) is 17.3 Å². The van der Waals surface area contributed by atoms with Gasteiger partial charge in [0.1, 0.15) is 12.1 Å². The first-order chi connectivity index (χ1) is 10.3. The van der Waals surface area contributed by atoms with Crippen LogP contribution < -0.4 is 11.1 Å². The predicted octanol–water partition coefficient (Wildman–Crippen LogP) is 1.88. The second-order valence-corrected chi connectivity index (χ2v) is 4.92. The molecular weight excluding hydrogens is 264 g/mol. The second-order valence-electron chi connectivity index (χ2n) is 4.92. The average Bonchev–Trinajstić information content (AvgIpc) is 2.93. The molecule has 2 heterocycles. The van der Waals surface area contributed by atoms with Crippen LogP contribution in [0, 0.1) is 6.92 Å². The first kappa shape index (κ1) is 13.5. The normalized spacial score (nSPS) is 11.0. The van der Waals surface area contributed by atoms with Crippen LogP contribution in [0.5, 0.6) is 0 Å². The number of hydrogen-bond donors (Lipinski definition) is 2. The van der Waals surface area contributed by atoms with E-state index in [2.05, 4.69) is 39.4 Å². The molecule has 0 aliphatic carbocycles. The minimum Gasteiger partial charge on any atom is -0.369 e. The molecule has 0 unspecified atom stereocenters. The fraction of sp³-hybridized carbons (Fsp3) is 0.267. The first-order valence-electron chi connectivity index (χ1n) is 6.99. The zero-order chi connectivity index (χ0) is 14.7. The van der Waals surface area contributed by atoms with Gasteiger partial charge in [0.15, 0.2) is 5.65 Å². The highest BCUT2D eigenvalue weighted by Crippen LogP contribution is 2.21. The largest absolute Gasteiger partial charge is 0.369 e. The maximum atomic E-state index is 5.51. The van der Waals surface area contributed by atoms with Gasteiger partial charge >= 0.3 is 0 Å². The summed E-state index contributed by atoms with van der Waals surface area (Å²) >= 11 is 0. The molecule has 0 spiro atoms. The van der Waals surface area contributed by atoms with Gasteiger partial charge < -0.3 is 11.1 Å². The van der Waals surface area contributed by atoms with Crippen molar-refractivity contribution >= 4 is 16.9 Å². The van der Waals surface area contributed by atoms with E-state index in [0.29, 0.717) is 6.54 Å². The molecule has 108 valence electrons. The topological polar surface area (TPSA) is 81.7 Å². The molecule has 0 amide bonds. The number of aromatic nitrogens is 4. The Balaban J connectivity index is 1.98. The van der Waals surface area contributed by atoms with Gasteiger partial charge in [-0.3, -0.25) is 0 Å². The third-order valence-electron chi connectivity index (χ3n) is 3.32. The van der Waals surface area contributed by atoms with Crippen LogP contribution in [0.1, 0.15) is 12.0 Å². The van der Waals surface area contributed by atoms with Crippen LogP contribution in [0.2, 0.25) is 0 Å². The van der Waals surface area contributed by atoms with E-state index in [1.807, 2.05) is 16.8 Å². The number of rotatable bonds is 5. The van der Waals surface area contributed by atoms with E-state index in [0.717, 1.165) is 35.5 Å². The summed E-state index contributed by atoms with van der Waals surface area (Å²) in [5, 5.41) is 8.62. The van der Waals surface area contributed by atoms with E-state index in [-0.39, 0.29) is 0 Å². The van der Waals surface area contributed by atoms with E-state index < -0.39 is 0 Å². The molecule has 0 bridgehead atoms. The highest BCUT2D eigenvalue weighted by atomic mass is 15.3. The lowest BCUT2D eigenvalue weighted by atomic mass is 10.2. The van der Waals surface area contributed by atoms with Gasteiger partial charge in [0, 0.05) is 6.54 Å². The Kier molecular flexibility index (Phi) is 3.79. The lowest BCUT2D eigenvalue weighted by Crippen LogP contribution is -2.09. The number of anilines is 1. The number of nitrogens with zero attached hydrogens (tertiary/aromatic N) is 4. The Morgan fingerprint density at radius 1 is 1.19 bits per heavy atom. The molecular formula is C15H18N6. The quantitative estimate of drug-likeness (QED) is 0.698. The molecule has 0 aliphatic heterocycles. The van der Waals surface area contributed by atoms with Gasteiger partial charge in [-0.15, -0.1) is 0 Å². The van der Waals surface area contributed by atoms with Crippen LogP contribution in [-0.4, -0.2) is 32.8 Å². The standard InChI is InChI=1S/C15H18N6/c1-11-3-5-12(6-4-11)21-15-13(9-20-21)14(18-10-19-15)17-8-2-7-16/h3-6,9-10H,2,7-8,16H2,1H3,(H,17,18,19). The summed E-state index contributed by atoms with van der Waals surface area (Å²) in [6.07, 6.45) is 4.25. The van der Waals surface area contributed by atoms with Crippen LogP contribution in [-0.2, 0) is 0 Å². The molecule has 0 atom stereocenters. The Hall–Kier alpha value is -2.47. The third kappa shape index (κ3) is 2.71. The van der Waals surface area contributed by atoms with E-state index in [9.17, 15) is 0 Å². The van der Waals surface area contributed by atoms with Gasteiger partial charge in [0.25, 0.3) is 0 Å². The molecule has 3 aromatic rings. The molecule has 2 aromatic heterocycles. The minimum absolute atomic E-state index is 0.657. The highest BCUT2D eigenvalue weighted by molar-refractivity contribution is 5.87. The number of nitrogens with one attached hydrogen (secondary N) is 1. The van der Waals surface area contributed by atoms with E-state index in [1.54, 1.807) is 12.5 Å². The minimum atomic E-state index is 0.657. The summed E-state index contributed by atoms with van der Waals surface area (Å²) < 4.78 is 1.82. The Bertz CT molecular complexity index is 732. The number of hydrogen-bond acceptors (Lipinski definition) is 5. The van der Waals surface area contributed by atoms with Crippen LogP contribution >= 0.6 is 0 Å². The number of aryl methyl sites for hydroxylation is 1. The molecule has 3 N–H and O–H groups in total. The lowest BCUT2D eigenvalue weighted by molar-refractivity contribution is 0.870. The van der Waals surface area contributed by atoms with Gasteiger partial charge in [-0.1, -0.05) is 17.7 Å². The summed E-state index contributed by atoms with van der Waals surface area (Å²) in [6.45, 7) is 3.51. The number of fused-ring (bicyclic) bond motifs is 1. The summed E-state index contributed by atoms with van der Waals surface area (Å²) in [4.78, 5) is 8.64. The van der Waals surface area contributed by atoms with Crippen LogP contribution in [0.25, 0.3) is 16.7 Å². The number of nitrogens with two attached hydrogens (primary N) is 1. The molecule has 0 saturated carbocycles. The van der Waals surface area contributed by atoms with Crippen molar-refractivity contribution in [3.63, 3.8) is 0 Å². The van der Waals surface area contributed by atoms with Crippen molar-refractivity contribution in [2.45, 2.75) is 13.3 Å². The van der Waals surface area contributed by atoms with Gasteiger partial charge in [-0.2, -0.15) is 5.10 Å². The van der Waals surface area contributed by atoms with Crippen molar-refractivity contribution in [2.24, 2.45) is 5.73 Å². The van der Waals surface area contributed by atoms with E-state index in [4.69, 9.17) is 5.73 Å². The van der Waals surface area contributed by atoms with Gasteiger partial charge in [-0.25, -0.2) is 14.6 Å². The summed E-state index contributed by atoms with van der Waals surface area (Å²) in [5.41, 5.74) is 8.51. The molecule has 0 fully saturated rings. The average molecular weight is 282 g/mol. The smallest absolute Gasteiger partial charge is 0.168 e. The third-order valence-corrected chi connectivity index (χ3v) is 3.32. The zero-order valence-electron chi connectivity index (χ0n) is 12.0. The molecule has 1 aromatic carbocycles. The highest BCUT2D eigenvalue weighted by Gasteiger charge is 2.10. The van der Waals surface area contributed by atoms with Crippen molar-refractivity contribution < 1.29 is 0 Å². The fourth-order valence-electron chi connectivity index (χ4n) is 2.17. The first-order valence-corrected chi connectivity index (χ1v) is 6.99. The zero-order valence-corrected chi connectivity index (χ0v) is 12.0. The molecule has 3 rings (SSSR count). The van der Waals surface area contributed by atoms with Crippen molar-refractivity contribution in [3.8, 4) is 5.69 Å². The van der Waals surface area contributed by atoms with Crippen LogP contribution in [0.4, 0.5) is 5.82 Å². The molecule has 0 aliphatic rings. The maximum Gasteiger partial charge on any atom is 0.168 e. The van der Waals surface area contributed by atoms with Crippen molar-refractivity contribution in [2.75, 3.05) is 18.4 Å². The summed E-state index contributed by atoms with van der Waals surface area (Å²) in [6, 6.07) is 8.19. The van der Waals surface area contributed by atoms with Crippen molar-refractivity contribution in [1.29, 1.82) is 0 Å². The molecule has 0 radical (unpaired) electrons. The van der Waals surface area contributed by atoms with Crippen molar-refractivity contribution in [3.05, 3.63) is 42.4 Å². The fourth-order valence-corrected chi connectivity index (χ4v) is 2.17. The Labute approximate surface area is 123 Å². The summed E-state index contributed by atoms with van der Waals surface area (Å²) in [5.74, 6) is 0.798. The molecule has 21 heavy (non-hydrogen) atoms. The van der Waals surface area contributed by atoms with Crippen LogP contribution in [0.3, 0.4) is 0 Å². The van der Waals surface area contributed by atoms with Crippen LogP contribution in [0.15, 0.2) is 36.8 Å². The maximum absolute atomic E-state index is 5.51. The lowest BCUT2D eigenvalue weighted by Gasteiger charge is -2.06. The second kappa shape index (κ2) is 5.88. The van der Waals surface area contributed by atoms with E-state index in [1.165, 1.54) is 5.56 Å². The van der Waals surface area contributed by atoms with Gasteiger partial charge in [-0.05, 0) is 32.0 Å². The Morgan fingerprint density at radius 3 is 2.76 bits per heavy atom. The molecule has 0 saturated heterocycles. The Morgan fingerprint density at radius 2 is 2.00 bits per heavy atom. The summed E-state index contributed by atoms with van der Waals surface area (Å²) in [7, 11) is 0. The molecule has 6 heteroatoms. The van der Waals surface area contributed by atoms with Gasteiger partial charge in [0.2, 0.25) is 0 Å². The van der Waals surface area contributed by atoms with Crippen molar-refractivity contribution in [1.82, 2.24) is 19.7 Å². The SMILES string of the molecule is Cc1ccc(-n2ncc3c(NCCCN)ncnc32)cc1. The van der Waals surface area contributed by atoms with E-state index >= 15 is 0 Å².